The van der Waals surface area contributed by atoms with E-state index >= 15 is 0 Å². The zero-order chi connectivity index (χ0) is 12.4. The van der Waals surface area contributed by atoms with E-state index in [-0.39, 0.29) is 17.3 Å². The smallest absolute Gasteiger partial charge is 0.208 e. The number of hydrogen-bond acceptors (Lipinski definition) is 5. The van der Waals surface area contributed by atoms with Gasteiger partial charge < -0.3 is 0 Å². The lowest BCUT2D eigenvalue weighted by Crippen LogP contribution is -2.05. The summed E-state index contributed by atoms with van der Waals surface area (Å²) in [6.45, 7) is 3.86. The summed E-state index contributed by atoms with van der Waals surface area (Å²) in [5, 5.41) is 3.92. The van der Waals surface area contributed by atoms with E-state index in [1.54, 1.807) is 0 Å². The van der Waals surface area contributed by atoms with Crippen LogP contribution in [0.4, 0.5) is 4.39 Å². The lowest BCUT2D eigenvalue weighted by atomic mass is 10.1. The summed E-state index contributed by atoms with van der Waals surface area (Å²) in [5.41, 5.74) is 0.863. The van der Waals surface area contributed by atoms with Crippen LogP contribution in [0, 0.1) is 5.82 Å². The predicted octanol–water partition coefficient (Wildman–Crippen LogP) is 2.43. The minimum Gasteiger partial charge on any atom is -0.287 e. The van der Waals surface area contributed by atoms with Gasteiger partial charge in [0.15, 0.2) is 0 Å². The molecule has 0 unspecified atom stereocenters. The van der Waals surface area contributed by atoms with Crippen molar-refractivity contribution >= 4 is 17.3 Å². The van der Waals surface area contributed by atoms with Crippen LogP contribution in [0.3, 0.4) is 0 Å². The van der Waals surface area contributed by atoms with E-state index in [2.05, 4.69) is 14.6 Å². The number of pyridine rings is 1. The Kier molecular flexibility index (Phi) is 3.23. The van der Waals surface area contributed by atoms with Gasteiger partial charge in [-0.1, -0.05) is 18.3 Å². The number of carbonyl (C=O) groups excluding carboxylic acids is 1. The maximum Gasteiger partial charge on any atom is 0.208 e. The van der Waals surface area contributed by atoms with Crippen LogP contribution >= 0.6 is 11.5 Å². The van der Waals surface area contributed by atoms with E-state index in [0.717, 1.165) is 17.7 Å². The van der Waals surface area contributed by atoms with Crippen LogP contribution in [-0.4, -0.2) is 20.4 Å². The zero-order valence-electron chi connectivity index (χ0n) is 9.35. The van der Waals surface area contributed by atoms with Crippen molar-refractivity contribution in [3.63, 3.8) is 0 Å². The highest BCUT2D eigenvalue weighted by molar-refractivity contribution is 7.08. The highest BCUT2D eigenvalue weighted by Crippen LogP contribution is 2.22. The Balaban J connectivity index is 2.41. The first-order chi connectivity index (χ1) is 8.09. The van der Waals surface area contributed by atoms with Crippen LogP contribution in [0.5, 0.6) is 0 Å². The van der Waals surface area contributed by atoms with Crippen LogP contribution in [0.2, 0.25) is 0 Å². The third-order valence-corrected chi connectivity index (χ3v) is 2.97. The first-order valence-corrected chi connectivity index (χ1v) is 5.84. The van der Waals surface area contributed by atoms with E-state index in [1.807, 2.05) is 13.8 Å². The molecular weight excluding hydrogens is 241 g/mol. The Hall–Kier alpha value is -1.69. The SMILES string of the molecule is CC(C)c1nnsc1C(=O)c1cncc(F)c1. The Morgan fingerprint density at radius 3 is 2.82 bits per heavy atom. The number of aromatic nitrogens is 3. The summed E-state index contributed by atoms with van der Waals surface area (Å²) >= 11 is 1.03. The molecule has 0 aliphatic rings. The molecule has 0 aliphatic heterocycles. The third-order valence-electron chi connectivity index (χ3n) is 2.23. The molecule has 0 aromatic carbocycles. The van der Waals surface area contributed by atoms with Crippen molar-refractivity contribution < 1.29 is 9.18 Å². The molecule has 17 heavy (non-hydrogen) atoms. The largest absolute Gasteiger partial charge is 0.287 e. The molecule has 4 nitrogen and oxygen atoms in total. The number of nitrogens with zero attached hydrogens (tertiary/aromatic N) is 3. The molecule has 0 saturated heterocycles. The number of hydrogen-bond donors (Lipinski definition) is 0. The zero-order valence-corrected chi connectivity index (χ0v) is 10.2. The molecule has 0 saturated carbocycles. The van der Waals surface area contributed by atoms with E-state index in [0.29, 0.717) is 10.6 Å². The quantitative estimate of drug-likeness (QED) is 0.786. The first-order valence-electron chi connectivity index (χ1n) is 5.07. The summed E-state index contributed by atoms with van der Waals surface area (Å²) in [4.78, 5) is 16.2. The average Bonchev–Trinajstić information content (AvgIpc) is 2.77. The molecule has 0 N–H and O–H groups in total. The molecule has 0 bridgehead atoms. The van der Waals surface area contributed by atoms with Crippen molar-refractivity contribution in [2.75, 3.05) is 0 Å². The van der Waals surface area contributed by atoms with Crippen LogP contribution in [0.15, 0.2) is 18.5 Å². The Bertz CT molecular complexity index is 553. The fraction of sp³-hybridized carbons (Fsp3) is 0.273. The second-order valence-electron chi connectivity index (χ2n) is 3.86. The van der Waals surface area contributed by atoms with Gasteiger partial charge in [-0.2, -0.15) is 0 Å². The Labute approximate surface area is 102 Å². The molecule has 0 atom stereocenters. The van der Waals surface area contributed by atoms with Crippen LogP contribution in [-0.2, 0) is 0 Å². The van der Waals surface area contributed by atoms with E-state index in [1.165, 1.54) is 12.3 Å². The highest BCUT2D eigenvalue weighted by Gasteiger charge is 2.20. The lowest BCUT2D eigenvalue weighted by Gasteiger charge is -2.02. The molecule has 2 aromatic rings. The molecule has 6 heteroatoms. The molecule has 0 radical (unpaired) electrons. The van der Waals surface area contributed by atoms with Crippen molar-refractivity contribution in [1.29, 1.82) is 0 Å². The van der Waals surface area contributed by atoms with Gasteiger partial charge >= 0.3 is 0 Å². The van der Waals surface area contributed by atoms with Crippen LogP contribution < -0.4 is 0 Å². The lowest BCUT2D eigenvalue weighted by molar-refractivity contribution is 0.104. The Morgan fingerprint density at radius 2 is 2.18 bits per heavy atom. The van der Waals surface area contributed by atoms with Gasteiger partial charge in [0, 0.05) is 11.8 Å². The van der Waals surface area contributed by atoms with E-state index in [4.69, 9.17) is 0 Å². The summed E-state index contributed by atoms with van der Waals surface area (Å²) in [5.74, 6) is -0.704. The highest BCUT2D eigenvalue weighted by atomic mass is 32.1. The summed E-state index contributed by atoms with van der Waals surface area (Å²) in [6.07, 6.45) is 2.40. The van der Waals surface area contributed by atoms with E-state index in [9.17, 15) is 9.18 Å². The van der Waals surface area contributed by atoms with Gasteiger partial charge in [0.2, 0.25) is 5.78 Å². The maximum atomic E-state index is 13.0. The van der Waals surface area contributed by atoms with Crippen molar-refractivity contribution in [2.24, 2.45) is 0 Å². The second-order valence-corrected chi connectivity index (χ2v) is 4.62. The molecule has 2 rings (SSSR count). The summed E-state index contributed by atoms with van der Waals surface area (Å²) in [7, 11) is 0. The van der Waals surface area contributed by atoms with Gasteiger partial charge in [-0.25, -0.2) is 4.39 Å². The summed E-state index contributed by atoms with van der Waals surface area (Å²) in [6, 6.07) is 1.17. The standard InChI is InChI=1S/C11H10FN3OS/c1-6(2)9-11(17-15-14-9)10(16)7-3-8(12)5-13-4-7/h3-6H,1-2H3. The molecule has 0 spiro atoms. The Morgan fingerprint density at radius 1 is 1.41 bits per heavy atom. The van der Waals surface area contributed by atoms with E-state index < -0.39 is 5.82 Å². The average molecular weight is 251 g/mol. The molecular formula is C11H10FN3OS. The van der Waals surface area contributed by atoms with Gasteiger partial charge in [0.05, 0.1) is 11.9 Å². The third kappa shape index (κ3) is 2.36. The molecule has 0 fully saturated rings. The monoisotopic (exact) mass is 251 g/mol. The molecule has 0 amide bonds. The minimum absolute atomic E-state index is 0.106. The topological polar surface area (TPSA) is 55.7 Å². The molecule has 2 aromatic heterocycles. The minimum atomic E-state index is -0.528. The number of rotatable bonds is 3. The molecule has 2 heterocycles. The van der Waals surface area contributed by atoms with Gasteiger partial charge in [-0.05, 0) is 23.5 Å². The van der Waals surface area contributed by atoms with Crippen LogP contribution in [0.1, 0.15) is 40.7 Å². The van der Waals surface area contributed by atoms with Crippen molar-refractivity contribution in [1.82, 2.24) is 14.6 Å². The van der Waals surface area contributed by atoms with Crippen molar-refractivity contribution in [2.45, 2.75) is 19.8 Å². The number of ketones is 1. The molecule has 88 valence electrons. The van der Waals surface area contributed by atoms with Gasteiger partial charge in [-0.15, -0.1) is 5.10 Å². The maximum absolute atomic E-state index is 13.0. The van der Waals surface area contributed by atoms with Crippen LogP contribution in [0.25, 0.3) is 0 Å². The fourth-order valence-corrected chi connectivity index (χ4v) is 2.18. The molecule has 0 aliphatic carbocycles. The van der Waals surface area contributed by atoms with Crippen molar-refractivity contribution in [3.8, 4) is 0 Å². The predicted molar refractivity (Wildman–Crippen MR) is 61.6 cm³/mol. The summed E-state index contributed by atoms with van der Waals surface area (Å²) < 4.78 is 16.8. The normalized spacial score (nSPS) is 10.8. The van der Waals surface area contributed by atoms with Gasteiger partial charge in [0.1, 0.15) is 10.7 Å². The van der Waals surface area contributed by atoms with Crippen molar-refractivity contribution in [3.05, 3.63) is 40.4 Å². The number of halogens is 1. The fourth-order valence-electron chi connectivity index (χ4n) is 1.40. The first kappa shape index (κ1) is 11.8. The van der Waals surface area contributed by atoms with Gasteiger partial charge in [-0.3, -0.25) is 9.78 Å². The second kappa shape index (κ2) is 4.67. The van der Waals surface area contributed by atoms with Gasteiger partial charge in [0.25, 0.3) is 0 Å². The number of carbonyl (C=O) groups is 1.